The fraction of sp³-hybridized carbons (Fsp3) is 0.0833. The number of nitrogens with two attached hydrogens (primary N) is 1. The molecule has 0 saturated carbocycles. The molecule has 0 unspecified atom stereocenters. The molecule has 1 aromatic heterocycles. The molecular weight excluding hydrogens is 262 g/mol. The van der Waals surface area contributed by atoms with Crippen LogP contribution < -0.4 is 15.8 Å². The van der Waals surface area contributed by atoms with Crippen molar-refractivity contribution in [2.24, 2.45) is 10.9 Å². The van der Waals surface area contributed by atoms with Crippen LogP contribution in [0.15, 0.2) is 41.7 Å². The highest BCUT2D eigenvalue weighted by Gasteiger charge is 2.12. The molecule has 104 valence electrons. The number of aromatic amines is 1. The molecule has 0 radical (unpaired) electrons. The number of hydrogen-bond acceptors (Lipinski definition) is 5. The molecule has 0 spiro atoms. The number of amides is 1. The first-order valence-electron chi connectivity index (χ1n) is 5.69. The Morgan fingerprint density at radius 1 is 1.45 bits per heavy atom. The quantitative estimate of drug-likeness (QED) is 0.274. The van der Waals surface area contributed by atoms with Gasteiger partial charge in [0.1, 0.15) is 11.6 Å². The monoisotopic (exact) mass is 275 g/mol. The van der Waals surface area contributed by atoms with E-state index in [9.17, 15) is 4.79 Å². The molecule has 0 aliphatic carbocycles. The number of carbonyl (C=O) groups is 1. The van der Waals surface area contributed by atoms with Crippen LogP contribution in [-0.4, -0.2) is 33.8 Å². The average Bonchev–Trinajstić information content (AvgIpc) is 2.93. The smallest absolute Gasteiger partial charge is 0.263 e. The number of amidine groups is 1. The zero-order chi connectivity index (χ0) is 14.4. The Morgan fingerprint density at radius 3 is 2.90 bits per heavy atom. The van der Waals surface area contributed by atoms with Gasteiger partial charge in [-0.2, -0.15) is 5.10 Å². The van der Waals surface area contributed by atoms with Crippen LogP contribution in [0.5, 0.6) is 5.75 Å². The standard InChI is InChI=1S/C12H13N5O3/c13-11(17-19)9-6-14-16-12(9)15-10(18)7-20-8-4-2-1-3-5-8/h1-6,19H,7H2,(H2,13,17)(H2,14,15,16,18). The van der Waals surface area contributed by atoms with Crippen molar-refractivity contribution in [3.8, 4) is 5.75 Å². The van der Waals surface area contributed by atoms with Gasteiger partial charge >= 0.3 is 0 Å². The topological polar surface area (TPSA) is 126 Å². The van der Waals surface area contributed by atoms with Gasteiger partial charge in [0.15, 0.2) is 12.4 Å². The molecule has 8 heteroatoms. The number of aromatic nitrogens is 2. The van der Waals surface area contributed by atoms with E-state index >= 15 is 0 Å². The normalized spacial score (nSPS) is 11.1. The molecule has 1 amide bonds. The van der Waals surface area contributed by atoms with Gasteiger partial charge in [-0.1, -0.05) is 23.4 Å². The highest BCUT2D eigenvalue weighted by Crippen LogP contribution is 2.11. The Bertz CT molecular complexity index is 609. The minimum atomic E-state index is -0.398. The lowest BCUT2D eigenvalue weighted by molar-refractivity contribution is -0.118. The zero-order valence-electron chi connectivity index (χ0n) is 10.4. The van der Waals surface area contributed by atoms with Crippen LogP contribution in [0, 0.1) is 0 Å². The number of nitrogens with zero attached hydrogens (tertiary/aromatic N) is 2. The third kappa shape index (κ3) is 3.25. The van der Waals surface area contributed by atoms with Gasteiger partial charge in [-0.25, -0.2) is 0 Å². The summed E-state index contributed by atoms with van der Waals surface area (Å²) < 4.78 is 5.29. The van der Waals surface area contributed by atoms with Crippen LogP contribution in [0.1, 0.15) is 5.56 Å². The van der Waals surface area contributed by atoms with Crippen LogP contribution in [0.3, 0.4) is 0 Å². The lowest BCUT2D eigenvalue weighted by atomic mass is 10.3. The molecule has 2 aromatic rings. The molecule has 2 rings (SSSR count). The van der Waals surface area contributed by atoms with Gasteiger partial charge in [0.2, 0.25) is 0 Å². The van der Waals surface area contributed by atoms with E-state index in [4.69, 9.17) is 15.7 Å². The molecule has 0 fully saturated rings. The maximum atomic E-state index is 11.7. The van der Waals surface area contributed by atoms with E-state index in [1.165, 1.54) is 6.20 Å². The summed E-state index contributed by atoms with van der Waals surface area (Å²) in [5.74, 6) is 0.272. The number of carbonyl (C=O) groups excluding carboxylic acids is 1. The fourth-order valence-corrected chi connectivity index (χ4v) is 1.47. The minimum absolute atomic E-state index is 0.155. The van der Waals surface area contributed by atoms with Crippen molar-refractivity contribution < 1.29 is 14.7 Å². The van der Waals surface area contributed by atoms with Crippen molar-refractivity contribution in [1.29, 1.82) is 0 Å². The molecule has 8 nitrogen and oxygen atoms in total. The van der Waals surface area contributed by atoms with Crippen LogP contribution in [0.25, 0.3) is 0 Å². The second-order valence-corrected chi connectivity index (χ2v) is 3.79. The summed E-state index contributed by atoms with van der Waals surface area (Å²) in [6.45, 7) is -0.168. The van der Waals surface area contributed by atoms with E-state index in [-0.39, 0.29) is 18.3 Å². The minimum Gasteiger partial charge on any atom is -0.484 e. The number of rotatable bonds is 5. The van der Waals surface area contributed by atoms with Crippen LogP contribution in [-0.2, 0) is 4.79 Å². The predicted octanol–water partition coefficient (Wildman–Crippen LogP) is 0.522. The summed E-state index contributed by atoms with van der Waals surface area (Å²) in [6.07, 6.45) is 1.34. The lowest BCUT2D eigenvalue weighted by Gasteiger charge is -2.07. The summed E-state index contributed by atoms with van der Waals surface area (Å²) in [4.78, 5) is 11.7. The van der Waals surface area contributed by atoms with Gasteiger partial charge in [0, 0.05) is 0 Å². The molecule has 1 aromatic carbocycles. The summed E-state index contributed by atoms with van der Waals surface area (Å²) >= 11 is 0. The molecule has 0 aliphatic rings. The molecule has 1 heterocycles. The van der Waals surface area contributed by atoms with Gasteiger partial charge in [0.05, 0.1) is 11.8 Å². The van der Waals surface area contributed by atoms with Crippen molar-refractivity contribution in [1.82, 2.24) is 10.2 Å². The molecule has 0 atom stereocenters. The first-order valence-corrected chi connectivity index (χ1v) is 5.69. The summed E-state index contributed by atoms with van der Waals surface area (Å²) in [6, 6.07) is 8.94. The average molecular weight is 275 g/mol. The van der Waals surface area contributed by atoms with Crippen LogP contribution in [0.4, 0.5) is 5.82 Å². The van der Waals surface area contributed by atoms with E-state index < -0.39 is 5.91 Å². The highest BCUT2D eigenvalue weighted by molar-refractivity contribution is 6.04. The first kappa shape index (κ1) is 13.4. The molecule has 20 heavy (non-hydrogen) atoms. The Balaban J connectivity index is 1.94. The summed E-state index contributed by atoms with van der Waals surface area (Å²) in [5.41, 5.74) is 5.73. The lowest BCUT2D eigenvalue weighted by Crippen LogP contribution is -2.23. The maximum Gasteiger partial charge on any atom is 0.263 e. The van der Waals surface area contributed by atoms with Crippen molar-refractivity contribution >= 4 is 17.6 Å². The second-order valence-electron chi connectivity index (χ2n) is 3.79. The van der Waals surface area contributed by atoms with E-state index in [1.54, 1.807) is 24.3 Å². The Labute approximate surface area is 114 Å². The van der Waals surface area contributed by atoms with Crippen molar-refractivity contribution in [2.75, 3.05) is 11.9 Å². The fourth-order valence-electron chi connectivity index (χ4n) is 1.47. The third-order valence-electron chi connectivity index (χ3n) is 2.40. The largest absolute Gasteiger partial charge is 0.484 e. The number of ether oxygens (including phenoxy) is 1. The van der Waals surface area contributed by atoms with Crippen molar-refractivity contribution in [3.05, 3.63) is 42.1 Å². The molecular formula is C12H13N5O3. The van der Waals surface area contributed by atoms with Gasteiger partial charge in [-0.3, -0.25) is 9.89 Å². The van der Waals surface area contributed by atoms with Gasteiger partial charge in [0.25, 0.3) is 5.91 Å². The van der Waals surface area contributed by atoms with E-state index in [1.807, 2.05) is 6.07 Å². The molecule has 0 bridgehead atoms. The van der Waals surface area contributed by atoms with Gasteiger partial charge < -0.3 is 21.0 Å². The molecule has 5 N–H and O–H groups in total. The number of H-pyrrole nitrogens is 1. The van der Waals surface area contributed by atoms with Crippen LogP contribution >= 0.6 is 0 Å². The number of anilines is 1. The number of hydrogen-bond donors (Lipinski definition) is 4. The first-order chi connectivity index (χ1) is 9.70. The predicted molar refractivity (Wildman–Crippen MR) is 71.7 cm³/mol. The number of oxime groups is 1. The van der Waals surface area contributed by atoms with E-state index in [0.717, 1.165) is 0 Å². The Morgan fingerprint density at radius 2 is 2.20 bits per heavy atom. The van der Waals surface area contributed by atoms with E-state index in [2.05, 4.69) is 20.7 Å². The third-order valence-corrected chi connectivity index (χ3v) is 2.40. The number of benzene rings is 1. The number of para-hydroxylation sites is 1. The summed E-state index contributed by atoms with van der Waals surface area (Å²) in [5, 5.41) is 20.2. The van der Waals surface area contributed by atoms with Gasteiger partial charge in [-0.15, -0.1) is 0 Å². The highest BCUT2D eigenvalue weighted by atomic mass is 16.5. The van der Waals surface area contributed by atoms with Crippen molar-refractivity contribution in [3.63, 3.8) is 0 Å². The maximum absolute atomic E-state index is 11.7. The van der Waals surface area contributed by atoms with Crippen molar-refractivity contribution in [2.45, 2.75) is 0 Å². The SMILES string of the molecule is NC(=NO)c1cn[nH]c1NC(=O)COc1ccccc1. The van der Waals surface area contributed by atoms with Crippen LogP contribution in [0.2, 0.25) is 0 Å². The number of nitrogens with one attached hydrogen (secondary N) is 2. The molecule has 0 aliphatic heterocycles. The summed E-state index contributed by atoms with van der Waals surface area (Å²) in [7, 11) is 0. The zero-order valence-corrected chi connectivity index (χ0v) is 10.4. The Kier molecular flexibility index (Phi) is 4.17. The second kappa shape index (κ2) is 6.23. The Hall–Kier alpha value is -3.03. The van der Waals surface area contributed by atoms with E-state index in [0.29, 0.717) is 11.3 Å². The molecule has 0 saturated heterocycles. The van der Waals surface area contributed by atoms with Gasteiger partial charge in [-0.05, 0) is 12.1 Å².